The highest BCUT2D eigenvalue weighted by Crippen LogP contribution is 2.26. The summed E-state index contributed by atoms with van der Waals surface area (Å²) in [5.74, 6) is 1.41. The minimum absolute atomic E-state index is 0.259. The molecule has 0 amide bonds. The number of sulfone groups is 1. The first-order chi connectivity index (χ1) is 11.4. The van der Waals surface area contributed by atoms with Crippen molar-refractivity contribution in [1.82, 2.24) is 0 Å². The van der Waals surface area contributed by atoms with Crippen LogP contribution in [-0.2, 0) is 9.84 Å². The van der Waals surface area contributed by atoms with E-state index >= 15 is 0 Å². The molecule has 0 aliphatic rings. The van der Waals surface area contributed by atoms with Crippen LogP contribution in [0.15, 0.2) is 58.3 Å². The van der Waals surface area contributed by atoms with E-state index in [1.54, 1.807) is 48.5 Å². The van der Waals surface area contributed by atoms with Gasteiger partial charge < -0.3 is 8.85 Å². The minimum atomic E-state index is -3.55. The van der Waals surface area contributed by atoms with E-state index < -0.39 is 26.5 Å². The monoisotopic (exact) mass is 394 g/mol. The first-order valence-corrected chi connectivity index (χ1v) is 16.5. The SMILES string of the molecule is C[Si](C)(C)Oc1ccc(S(=O)(=O)c2ccc(O[Si](C)(C)C)cc2)cc1. The zero-order valence-electron chi connectivity index (χ0n) is 15.7. The molecule has 0 radical (unpaired) electrons. The third kappa shape index (κ3) is 5.72. The van der Waals surface area contributed by atoms with Gasteiger partial charge in [0.2, 0.25) is 26.5 Å². The summed E-state index contributed by atoms with van der Waals surface area (Å²) in [6, 6.07) is 13.2. The van der Waals surface area contributed by atoms with E-state index in [2.05, 4.69) is 39.3 Å². The number of hydrogen-bond donors (Lipinski definition) is 0. The molecule has 0 bridgehead atoms. The van der Waals surface area contributed by atoms with Crippen LogP contribution in [-0.4, -0.2) is 25.1 Å². The molecular weight excluding hydrogens is 368 g/mol. The Morgan fingerprint density at radius 1 is 0.600 bits per heavy atom. The predicted octanol–water partition coefficient (Wildman–Crippen LogP) is 4.95. The zero-order chi connectivity index (χ0) is 18.9. The maximum Gasteiger partial charge on any atom is 0.242 e. The van der Waals surface area contributed by atoms with E-state index in [9.17, 15) is 8.42 Å². The van der Waals surface area contributed by atoms with Crippen molar-refractivity contribution < 1.29 is 17.3 Å². The van der Waals surface area contributed by atoms with Gasteiger partial charge in [-0.3, -0.25) is 0 Å². The third-order valence-electron chi connectivity index (χ3n) is 3.12. The fourth-order valence-corrected chi connectivity index (χ4v) is 5.16. The molecule has 0 atom stereocenters. The number of benzene rings is 2. The van der Waals surface area contributed by atoms with Crippen molar-refractivity contribution in [2.45, 2.75) is 49.1 Å². The van der Waals surface area contributed by atoms with Crippen LogP contribution >= 0.6 is 0 Å². The Morgan fingerprint density at radius 2 is 0.880 bits per heavy atom. The average molecular weight is 395 g/mol. The second-order valence-corrected chi connectivity index (χ2v) is 18.7. The molecule has 0 unspecified atom stereocenters. The van der Waals surface area contributed by atoms with Crippen molar-refractivity contribution in [2.24, 2.45) is 0 Å². The quantitative estimate of drug-likeness (QED) is 0.651. The van der Waals surface area contributed by atoms with Crippen LogP contribution in [0.3, 0.4) is 0 Å². The first kappa shape index (κ1) is 19.7. The fourth-order valence-electron chi connectivity index (χ4n) is 2.22. The van der Waals surface area contributed by atoms with Crippen LogP contribution in [0.4, 0.5) is 0 Å². The summed E-state index contributed by atoms with van der Waals surface area (Å²) in [4.78, 5) is 0.517. The van der Waals surface area contributed by atoms with Crippen molar-refractivity contribution in [2.75, 3.05) is 0 Å². The Bertz CT molecular complexity index is 750. The largest absolute Gasteiger partial charge is 0.544 e. The molecule has 0 spiro atoms. The van der Waals surface area contributed by atoms with Gasteiger partial charge in [0.1, 0.15) is 11.5 Å². The standard InChI is InChI=1S/C18H26O4SSi2/c1-24(2,3)21-15-7-11-17(12-8-15)23(19,20)18-13-9-16(10-14-18)22-25(4,5)6/h7-14H,1-6H3. The Labute approximate surface area is 153 Å². The lowest BCUT2D eigenvalue weighted by Gasteiger charge is -2.19. The molecule has 0 saturated heterocycles. The average Bonchev–Trinajstić information content (AvgIpc) is 2.45. The lowest BCUT2D eigenvalue weighted by Crippen LogP contribution is -2.29. The molecule has 2 aromatic rings. The van der Waals surface area contributed by atoms with E-state index in [1.807, 2.05) is 0 Å². The molecule has 0 heterocycles. The molecule has 0 aliphatic heterocycles. The molecule has 2 aromatic carbocycles. The summed E-state index contributed by atoms with van der Waals surface area (Å²) in [6.45, 7) is 12.5. The Kier molecular flexibility index (Phi) is 5.51. The minimum Gasteiger partial charge on any atom is -0.544 e. The number of rotatable bonds is 6. The second kappa shape index (κ2) is 6.97. The third-order valence-corrected chi connectivity index (χ3v) is 6.60. The van der Waals surface area contributed by atoms with E-state index in [1.165, 1.54) is 0 Å². The van der Waals surface area contributed by atoms with Crippen molar-refractivity contribution in [3.8, 4) is 11.5 Å². The van der Waals surface area contributed by atoms with Gasteiger partial charge in [0.15, 0.2) is 0 Å². The molecule has 0 fully saturated rings. The van der Waals surface area contributed by atoms with Gasteiger partial charge in [-0.25, -0.2) is 8.42 Å². The summed E-state index contributed by atoms with van der Waals surface area (Å²) in [5, 5.41) is 0. The smallest absolute Gasteiger partial charge is 0.242 e. The van der Waals surface area contributed by atoms with E-state index in [0.717, 1.165) is 0 Å². The van der Waals surface area contributed by atoms with Crippen LogP contribution in [0.1, 0.15) is 0 Å². The van der Waals surface area contributed by atoms with Gasteiger partial charge in [-0.2, -0.15) is 0 Å². The molecule has 136 valence electrons. The highest BCUT2D eigenvalue weighted by molar-refractivity contribution is 7.91. The van der Waals surface area contributed by atoms with Crippen molar-refractivity contribution in [1.29, 1.82) is 0 Å². The van der Waals surface area contributed by atoms with E-state index in [-0.39, 0.29) is 9.79 Å². The summed E-state index contributed by atoms with van der Waals surface area (Å²) in [5.41, 5.74) is 0. The zero-order valence-corrected chi connectivity index (χ0v) is 18.5. The molecular formula is C18H26O4SSi2. The molecule has 0 N–H and O–H groups in total. The fraction of sp³-hybridized carbons (Fsp3) is 0.333. The normalized spacial score (nSPS) is 12.7. The maximum atomic E-state index is 12.8. The highest BCUT2D eigenvalue weighted by atomic mass is 32.2. The van der Waals surface area contributed by atoms with Gasteiger partial charge in [0, 0.05) is 0 Å². The van der Waals surface area contributed by atoms with Gasteiger partial charge in [0.25, 0.3) is 0 Å². The van der Waals surface area contributed by atoms with Crippen molar-refractivity contribution in [3.63, 3.8) is 0 Å². The summed E-state index contributed by atoms with van der Waals surface area (Å²) >= 11 is 0. The van der Waals surface area contributed by atoms with Crippen LogP contribution in [0, 0.1) is 0 Å². The Balaban J connectivity index is 2.23. The lowest BCUT2D eigenvalue weighted by atomic mass is 10.3. The van der Waals surface area contributed by atoms with Gasteiger partial charge in [-0.1, -0.05) is 0 Å². The molecule has 25 heavy (non-hydrogen) atoms. The first-order valence-electron chi connectivity index (χ1n) is 8.20. The Morgan fingerprint density at radius 3 is 1.12 bits per heavy atom. The molecule has 7 heteroatoms. The van der Waals surface area contributed by atoms with Gasteiger partial charge >= 0.3 is 0 Å². The van der Waals surface area contributed by atoms with Crippen LogP contribution in [0.2, 0.25) is 39.3 Å². The molecule has 0 aliphatic carbocycles. The lowest BCUT2D eigenvalue weighted by molar-refractivity contribution is 0.556. The topological polar surface area (TPSA) is 52.6 Å². The summed E-state index contributed by atoms with van der Waals surface area (Å²) < 4.78 is 37.3. The molecule has 0 aromatic heterocycles. The number of hydrogen-bond acceptors (Lipinski definition) is 4. The second-order valence-electron chi connectivity index (χ2n) is 7.88. The molecule has 0 saturated carbocycles. The summed E-state index contributed by atoms with van der Waals surface area (Å²) in [7, 11) is -6.97. The molecule has 2 rings (SSSR count). The van der Waals surface area contributed by atoms with Crippen LogP contribution in [0.25, 0.3) is 0 Å². The summed E-state index contributed by atoms with van der Waals surface area (Å²) in [6.07, 6.45) is 0. The van der Waals surface area contributed by atoms with Crippen molar-refractivity contribution >= 4 is 26.5 Å². The maximum absolute atomic E-state index is 12.8. The Hall–Kier alpha value is -1.58. The predicted molar refractivity (Wildman–Crippen MR) is 106 cm³/mol. The van der Waals surface area contributed by atoms with Gasteiger partial charge in [-0.15, -0.1) is 0 Å². The van der Waals surface area contributed by atoms with Crippen molar-refractivity contribution in [3.05, 3.63) is 48.5 Å². The van der Waals surface area contributed by atoms with E-state index in [4.69, 9.17) is 8.85 Å². The van der Waals surface area contributed by atoms with Crippen LogP contribution < -0.4 is 8.85 Å². The van der Waals surface area contributed by atoms with E-state index in [0.29, 0.717) is 11.5 Å². The van der Waals surface area contributed by atoms with Gasteiger partial charge in [-0.05, 0) is 87.8 Å². The highest BCUT2D eigenvalue weighted by Gasteiger charge is 2.21. The molecule has 4 nitrogen and oxygen atoms in total. The van der Waals surface area contributed by atoms with Gasteiger partial charge in [0.05, 0.1) is 9.79 Å². The van der Waals surface area contributed by atoms with Crippen LogP contribution in [0.5, 0.6) is 11.5 Å².